The zero-order valence-electron chi connectivity index (χ0n) is 18.8. The lowest BCUT2D eigenvalue weighted by Gasteiger charge is -2.29. The van der Waals surface area contributed by atoms with Crippen LogP contribution in [0.3, 0.4) is 0 Å². The van der Waals surface area contributed by atoms with E-state index >= 15 is 0 Å². The van der Waals surface area contributed by atoms with Gasteiger partial charge in [-0.25, -0.2) is 5.43 Å². The van der Waals surface area contributed by atoms with E-state index in [4.69, 9.17) is 11.6 Å². The second-order valence-electron chi connectivity index (χ2n) is 8.97. The molecule has 2 aliphatic rings. The molecule has 0 saturated carbocycles. The molecule has 2 aromatic carbocycles. The molecule has 4 rings (SSSR count). The van der Waals surface area contributed by atoms with Crippen molar-refractivity contribution in [1.82, 2.24) is 21.5 Å². The second kappa shape index (κ2) is 10.9. The van der Waals surface area contributed by atoms with Crippen LogP contribution >= 0.6 is 23.4 Å². The Bertz CT molecular complexity index is 969. The van der Waals surface area contributed by atoms with Gasteiger partial charge in [0.25, 0.3) is 0 Å². The number of nitrogens with one attached hydrogen (secondary N) is 4. The normalized spacial score (nSPS) is 24.6. The molecule has 2 heterocycles. The number of hydrazine groups is 1. The molecule has 2 fully saturated rings. The maximum absolute atomic E-state index is 12.7. The first kappa shape index (κ1) is 24.1. The topological polar surface area (TPSA) is 82.3 Å². The van der Waals surface area contributed by atoms with Crippen molar-refractivity contribution in [1.29, 1.82) is 0 Å². The number of rotatable bonds is 9. The predicted octanol–water partition coefficient (Wildman–Crippen LogP) is 3.61. The van der Waals surface area contributed by atoms with Gasteiger partial charge in [0, 0.05) is 47.3 Å². The highest BCUT2D eigenvalue weighted by Crippen LogP contribution is 2.30. The first-order chi connectivity index (χ1) is 16.0. The summed E-state index contributed by atoms with van der Waals surface area (Å²) in [6.07, 6.45) is 5.11. The van der Waals surface area contributed by atoms with Crippen LogP contribution in [0.2, 0.25) is 5.02 Å². The number of hydrogen-bond acceptors (Lipinski definition) is 5. The Balaban J connectivity index is 1.31. The van der Waals surface area contributed by atoms with Crippen LogP contribution in [0.15, 0.2) is 53.4 Å². The summed E-state index contributed by atoms with van der Waals surface area (Å²) in [6, 6.07) is 16.4. The van der Waals surface area contributed by atoms with Crippen LogP contribution in [0.25, 0.3) is 0 Å². The van der Waals surface area contributed by atoms with Crippen LogP contribution in [-0.2, 0) is 16.0 Å². The standard InChI is InChI=1S/C25H31ClN4O2S/c1-33-21-8-2-17(3-9-21)14-25(13-11-23(32)29-25)12-10-22(31)27-15-19-16-28-30-24(19)18-4-6-20(26)7-5-18/h2-9,19,24,28,30H,10-16H2,1H3,(H,27,31)(H,29,32). The Morgan fingerprint density at radius 1 is 1.18 bits per heavy atom. The van der Waals surface area contributed by atoms with E-state index in [2.05, 4.69) is 52.0 Å². The van der Waals surface area contributed by atoms with Gasteiger partial charge in [-0.1, -0.05) is 35.9 Å². The Morgan fingerprint density at radius 3 is 2.61 bits per heavy atom. The van der Waals surface area contributed by atoms with Crippen molar-refractivity contribution in [3.63, 3.8) is 0 Å². The van der Waals surface area contributed by atoms with Gasteiger partial charge in [0.15, 0.2) is 0 Å². The molecule has 33 heavy (non-hydrogen) atoms. The van der Waals surface area contributed by atoms with Crippen molar-refractivity contribution in [2.24, 2.45) is 5.92 Å². The maximum Gasteiger partial charge on any atom is 0.220 e. The maximum atomic E-state index is 12.7. The minimum absolute atomic E-state index is 0.0232. The molecule has 6 nitrogen and oxygen atoms in total. The summed E-state index contributed by atoms with van der Waals surface area (Å²) in [5.41, 5.74) is 8.47. The van der Waals surface area contributed by atoms with E-state index in [1.807, 2.05) is 24.3 Å². The fourth-order valence-electron chi connectivity index (χ4n) is 4.75. The van der Waals surface area contributed by atoms with Crippen molar-refractivity contribution in [2.75, 3.05) is 19.3 Å². The summed E-state index contributed by atoms with van der Waals surface area (Å²) in [7, 11) is 0. The number of hydrogen-bond donors (Lipinski definition) is 4. The molecule has 2 aliphatic heterocycles. The highest BCUT2D eigenvalue weighted by molar-refractivity contribution is 7.98. The van der Waals surface area contributed by atoms with Crippen molar-refractivity contribution < 1.29 is 9.59 Å². The predicted molar refractivity (Wildman–Crippen MR) is 133 cm³/mol. The lowest BCUT2D eigenvalue weighted by atomic mass is 9.85. The van der Waals surface area contributed by atoms with Gasteiger partial charge in [-0.2, -0.15) is 0 Å². The fourth-order valence-corrected chi connectivity index (χ4v) is 5.29. The number of thioether (sulfide) groups is 1. The lowest BCUT2D eigenvalue weighted by Crippen LogP contribution is -2.44. The molecular formula is C25H31ClN4O2S. The third kappa shape index (κ3) is 6.29. The molecule has 0 aliphatic carbocycles. The van der Waals surface area contributed by atoms with E-state index in [0.717, 1.165) is 24.9 Å². The van der Waals surface area contributed by atoms with Gasteiger partial charge in [-0.05, 0) is 60.9 Å². The number of amides is 2. The molecule has 8 heteroatoms. The minimum Gasteiger partial charge on any atom is -0.356 e. The van der Waals surface area contributed by atoms with Crippen molar-refractivity contribution in [2.45, 2.75) is 48.6 Å². The van der Waals surface area contributed by atoms with E-state index in [9.17, 15) is 9.59 Å². The van der Waals surface area contributed by atoms with Crippen LogP contribution in [0.5, 0.6) is 0 Å². The summed E-state index contributed by atoms with van der Waals surface area (Å²) >= 11 is 7.72. The van der Waals surface area contributed by atoms with Gasteiger partial charge < -0.3 is 10.6 Å². The Hall–Kier alpha value is -2.06. The molecule has 3 atom stereocenters. The number of halogens is 1. The zero-order chi connectivity index (χ0) is 23.3. The average molecular weight is 487 g/mol. The molecule has 0 spiro atoms. The van der Waals surface area contributed by atoms with Gasteiger partial charge >= 0.3 is 0 Å². The highest BCUT2D eigenvalue weighted by atomic mass is 35.5. The molecular weight excluding hydrogens is 456 g/mol. The highest BCUT2D eigenvalue weighted by Gasteiger charge is 2.38. The van der Waals surface area contributed by atoms with E-state index < -0.39 is 0 Å². The largest absolute Gasteiger partial charge is 0.356 e. The van der Waals surface area contributed by atoms with Crippen molar-refractivity contribution in [3.8, 4) is 0 Å². The van der Waals surface area contributed by atoms with Gasteiger partial charge in [0.1, 0.15) is 0 Å². The summed E-state index contributed by atoms with van der Waals surface area (Å²) in [4.78, 5) is 26.0. The molecule has 2 saturated heterocycles. The van der Waals surface area contributed by atoms with E-state index in [1.54, 1.807) is 11.8 Å². The fraction of sp³-hybridized carbons (Fsp3) is 0.440. The third-order valence-electron chi connectivity index (χ3n) is 6.65. The minimum atomic E-state index is -0.350. The summed E-state index contributed by atoms with van der Waals surface area (Å²) in [5, 5.41) is 6.99. The third-order valence-corrected chi connectivity index (χ3v) is 7.65. The number of benzene rings is 2. The van der Waals surface area contributed by atoms with Gasteiger partial charge in [0.2, 0.25) is 11.8 Å². The molecule has 2 amide bonds. The van der Waals surface area contributed by atoms with Crippen molar-refractivity contribution >= 4 is 35.2 Å². The first-order valence-electron chi connectivity index (χ1n) is 11.4. The van der Waals surface area contributed by atoms with E-state index in [0.29, 0.717) is 30.8 Å². The summed E-state index contributed by atoms with van der Waals surface area (Å²) in [5.74, 6) is 0.338. The van der Waals surface area contributed by atoms with Gasteiger partial charge in [-0.15, -0.1) is 11.8 Å². The van der Waals surface area contributed by atoms with Gasteiger partial charge in [-0.3, -0.25) is 15.0 Å². The molecule has 2 aromatic rings. The quantitative estimate of drug-likeness (QED) is 0.407. The van der Waals surface area contributed by atoms with Crippen LogP contribution in [0, 0.1) is 5.92 Å². The summed E-state index contributed by atoms with van der Waals surface area (Å²) < 4.78 is 0. The monoisotopic (exact) mass is 486 g/mol. The Morgan fingerprint density at radius 2 is 1.94 bits per heavy atom. The van der Waals surface area contributed by atoms with Crippen LogP contribution in [0.4, 0.5) is 0 Å². The second-order valence-corrected chi connectivity index (χ2v) is 10.3. The zero-order valence-corrected chi connectivity index (χ0v) is 20.4. The van der Waals surface area contributed by atoms with E-state index in [-0.39, 0.29) is 29.3 Å². The SMILES string of the molecule is CSc1ccc(CC2(CCC(=O)NCC3CNNC3c3ccc(Cl)cc3)CCC(=O)N2)cc1. The van der Waals surface area contributed by atoms with Crippen LogP contribution < -0.4 is 21.5 Å². The van der Waals surface area contributed by atoms with Gasteiger partial charge in [0.05, 0.1) is 6.04 Å². The van der Waals surface area contributed by atoms with Crippen LogP contribution in [-0.4, -0.2) is 36.7 Å². The number of carbonyl (C=O) groups excluding carboxylic acids is 2. The molecule has 0 aromatic heterocycles. The lowest BCUT2D eigenvalue weighted by molar-refractivity contribution is -0.122. The average Bonchev–Trinajstić information content (AvgIpc) is 3.44. The first-order valence-corrected chi connectivity index (χ1v) is 13.0. The van der Waals surface area contributed by atoms with Crippen LogP contribution in [0.1, 0.15) is 42.9 Å². The van der Waals surface area contributed by atoms with E-state index in [1.165, 1.54) is 10.5 Å². The number of carbonyl (C=O) groups is 2. The van der Waals surface area contributed by atoms with Crippen molar-refractivity contribution in [3.05, 3.63) is 64.7 Å². The Labute approximate surface area is 204 Å². The molecule has 0 bridgehead atoms. The molecule has 0 radical (unpaired) electrons. The summed E-state index contributed by atoms with van der Waals surface area (Å²) in [6.45, 7) is 1.36. The molecule has 4 N–H and O–H groups in total. The smallest absolute Gasteiger partial charge is 0.220 e. The Kier molecular flexibility index (Phi) is 7.96. The molecule has 3 unspecified atom stereocenters. The molecule has 176 valence electrons.